The Morgan fingerprint density at radius 2 is 1.69 bits per heavy atom. The molecule has 3 nitrogen and oxygen atoms in total. The summed E-state index contributed by atoms with van der Waals surface area (Å²) in [5, 5.41) is 0. The van der Waals surface area contributed by atoms with Crippen molar-refractivity contribution in [2.24, 2.45) is 5.73 Å². The predicted octanol–water partition coefficient (Wildman–Crippen LogP) is 2.28. The highest BCUT2D eigenvalue weighted by atomic mass is 16.5. The number of methoxy groups -OCH3 is 1. The first kappa shape index (κ1) is 14.6. The summed E-state index contributed by atoms with van der Waals surface area (Å²) in [6, 6.07) is 7.94. The summed E-state index contributed by atoms with van der Waals surface area (Å²) in [4.78, 5) is 10.9. The van der Waals surface area contributed by atoms with Crippen LogP contribution in [0.2, 0.25) is 0 Å². The number of ether oxygens (including phenoxy) is 1. The van der Waals surface area contributed by atoms with E-state index in [1.165, 1.54) is 7.11 Å². The van der Waals surface area contributed by atoms with Crippen LogP contribution in [0.1, 0.15) is 31.4 Å². The SMILES string of the molecule is CC.COC(=O)CCc1ccc(CN)cc1. The summed E-state index contributed by atoms with van der Waals surface area (Å²) in [6.45, 7) is 4.55. The molecular formula is C13H21NO2. The summed E-state index contributed by atoms with van der Waals surface area (Å²) in [5.41, 5.74) is 7.71. The zero-order valence-corrected chi connectivity index (χ0v) is 10.3. The average Bonchev–Trinajstić information content (AvgIpc) is 2.38. The standard InChI is InChI=1S/C11H15NO2.C2H6/c1-14-11(13)7-6-9-2-4-10(8-12)5-3-9;1-2/h2-5H,6-8,12H2,1H3;1-2H3. The van der Waals surface area contributed by atoms with E-state index in [9.17, 15) is 4.79 Å². The molecule has 0 saturated carbocycles. The van der Waals surface area contributed by atoms with Crippen molar-refractivity contribution in [1.82, 2.24) is 0 Å². The number of benzene rings is 1. The summed E-state index contributed by atoms with van der Waals surface area (Å²) >= 11 is 0. The monoisotopic (exact) mass is 223 g/mol. The van der Waals surface area contributed by atoms with Gasteiger partial charge in [0, 0.05) is 13.0 Å². The van der Waals surface area contributed by atoms with Gasteiger partial charge >= 0.3 is 5.97 Å². The van der Waals surface area contributed by atoms with Gasteiger partial charge in [0.25, 0.3) is 0 Å². The van der Waals surface area contributed by atoms with E-state index in [0.717, 1.165) is 17.5 Å². The van der Waals surface area contributed by atoms with E-state index in [2.05, 4.69) is 4.74 Å². The molecule has 0 aliphatic rings. The highest BCUT2D eigenvalue weighted by molar-refractivity contribution is 5.69. The van der Waals surface area contributed by atoms with Crippen LogP contribution >= 0.6 is 0 Å². The van der Waals surface area contributed by atoms with Crippen LogP contribution in [0, 0.1) is 0 Å². The number of esters is 1. The molecule has 16 heavy (non-hydrogen) atoms. The minimum absolute atomic E-state index is 0.173. The third kappa shape index (κ3) is 5.51. The number of rotatable bonds is 4. The lowest BCUT2D eigenvalue weighted by molar-refractivity contribution is -0.140. The topological polar surface area (TPSA) is 52.3 Å². The van der Waals surface area contributed by atoms with Gasteiger partial charge in [-0.25, -0.2) is 0 Å². The van der Waals surface area contributed by atoms with Crippen LogP contribution in [-0.2, 0) is 22.5 Å². The van der Waals surface area contributed by atoms with Crippen molar-refractivity contribution in [1.29, 1.82) is 0 Å². The Kier molecular flexibility index (Phi) is 8.17. The van der Waals surface area contributed by atoms with Gasteiger partial charge in [0.2, 0.25) is 0 Å². The zero-order valence-electron chi connectivity index (χ0n) is 10.3. The largest absolute Gasteiger partial charge is 0.469 e. The second-order valence-corrected chi connectivity index (χ2v) is 3.10. The van der Waals surface area contributed by atoms with Gasteiger partial charge in [0.1, 0.15) is 0 Å². The van der Waals surface area contributed by atoms with Gasteiger partial charge in [0.05, 0.1) is 7.11 Å². The molecule has 3 heteroatoms. The first-order chi connectivity index (χ1) is 7.76. The summed E-state index contributed by atoms with van der Waals surface area (Å²) in [5.74, 6) is -0.173. The Labute approximate surface area is 97.6 Å². The third-order valence-electron chi connectivity index (χ3n) is 2.10. The molecule has 0 unspecified atom stereocenters. The molecule has 1 aromatic carbocycles. The van der Waals surface area contributed by atoms with Gasteiger partial charge in [-0.15, -0.1) is 0 Å². The lowest BCUT2D eigenvalue weighted by atomic mass is 10.1. The van der Waals surface area contributed by atoms with Crippen molar-refractivity contribution < 1.29 is 9.53 Å². The molecule has 0 amide bonds. The molecule has 0 saturated heterocycles. The fourth-order valence-corrected chi connectivity index (χ4v) is 1.19. The van der Waals surface area contributed by atoms with E-state index in [0.29, 0.717) is 13.0 Å². The Hall–Kier alpha value is -1.35. The highest BCUT2D eigenvalue weighted by Crippen LogP contribution is 2.06. The maximum atomic E-state index is 10.9. The smallest absolute Gasteiger partial charge is 0.305 e. The first-order valence-corrected chi connectivity index (χ1v) is 5.61. The first-order valence-electron chi connectivity index (χ1n) is 5.61. The summed E-state index contributed by atoms with van der Waals surface area (Å²) in [6.07, 6.45) is 1.15. The normalized spacial score (nSPS) is 9.00. The fourth-order valence-electron chi connectivity index (χ4n) is 1.19. The minimum Gasteiger partial charge on any atom is -0.469 e. The van der Waals surface area contributed by atoms with Crippen LogP contribution in [-0.4, -0.2) is 13.1 Å². The van der Waals surface area contributed by atoms with Crippen LogP contribution in [0.5, 0.6) is 0 Å². The molecule has 0 atom stereocenters. The molecule has 2 N–H and O–H groups in total. The average molecular weight is 223 g/mol. The predicted molar refractivity (Wildman–Crippen MR) is 66.0 cm³/mol. The van der Waals surface area contributed by atoms with Gasteiger partial charge < -0.3 is 10.5 Å². The molecule has 1 rings (SSSR count). The molecule has 0 bridgehead atoms. The zero-order chi connectivity index (χ0) is 12.4. The van der Waals surface area contributed by atoms with Crippen LogP contribution in [0.4, 0.5) is 0 Å². The Balaban J connectivity index is 0.00000106. The molecule has 0 fully saturated rings. The fraction of sp³-hybridized carbons (Fsp3) is 0.462. The van der Waals surface area contributed by atoms with Crippen molar-refractivity contribution in [3.8, 4) is 0 Å². The molecule has 0 radical (unpaired) electrons. The van der Waals surface area contributed by atoms with Gasteiger partial charge in [-0.2, -0.15) is 0 Å². The highest BCUT2D eigenvalue weighted by Gasteiger charge is 2.00. The molecule has 0 aliphatic heterocycles. The molecular weight excluding hydrogens is 202 g/mol. The van der Waals surface area contributed by atoms with Crippen molar-refractivity contribution in [2.75, 3.05) is 7.11 Å². The lowest BCUT2D eigenvalue weighted by Gasteiger charge is -2.01. The molecule has 0 aliphatic carbocycles. The van der Waals surface area contributed by atoms with E-state index in [-0.39, 0.29) is 5.97 Å². The van der Waals surface area contributed by atoms with Gasteiger partial charge in [0.15, 0.2) is 0 Å². The van der Waals surface area contributed by atoms with E-state index >= 15 is 0 Å². The Bertz CT molecular complexity index is 293. The maximum Gasteiger partial charge on any atom is 0.305 e. The third-order valence-corrected chi connectivity index (χ3v) is 2.10. The van der Waals surface area contributed by atoms with E-state index in [1.807, 2.05) is 38.1 Å². The Morgan fingerprint density at radius 3 is 2.12 bits per heavy atom. The van der Waals surface area contributed by atoms with Gasteiger partial charge in [-0.1, -0.05) is 38.1 Å². The van der Waals surface area contributed by atoms with Gasteiger partial charge in [-0.05, 0) is 17.5 Å². The van der Waals surface area contributed by atoms with Crippen molar-refractivity contribution in [3.05, 3.63) is 35.4 Å². The number of aryl methyl sites for hydroxylation is 1. The molecule has 90 valence electrons. The maximum absolute atomic E-state index is 10.9. The second kappa shape index (κ2) is 8.92. The molecule has 0 heterocycles. The lowest BCUT2D eigenvalue weighted by Crippen LogP contribution is -2.02. The number of hydrogen-bond donors (Lipinski definition) is 1. The van der Waals surface area contributed by atoms with Crippen LogP contribution < -0.4 is 5.73 Å². The summed E-state index contributed by atoms with van der Waals surface area (Å²) in [7, 11) is 1.40. The quantitative estimate of drug-likeness (QED) is 0.797. The van der Waals surface area contributed by atoms with Crippen molar-refractivity contribution >= 4 is 5.97 Å². The van der Waals surface area contributed by atoms with Crippen molar-refractivity contribution in [2.45, 2.75) is 33.2 Å². The second-order valence-electron chi connectivity index (χ2n) is 3.10. The van der Waals surface area contributed by atoms with E-state index < -0.39 is 0 Å². The molecule has 1 aromatic rings. The minimum atomic E-state index is -0.173. The van der Waals surface area contributed by atoms with Crippen molar-refractivity contribution in [3.63, 3.8) is 0 Å². The molecule has 0 aromatic heterocycles. The van der Waals surface area contributed by atoms with Crippen LogP contribution in [0.3, 0.4) is 0 Å². The van der Waals surface area contributed by atoms with E-state index in [4.69, 9.17) is 5.73 Å². The summed E-state index contributed by atoms with van der Waals surface area (Å²) < 4.78 is 4.56. The Morgan fingerprint density at radius 1 is 1.19 bits per heavy atom. The van der Waals surface area contributed by atoms with E-state index in [1.54, 1.807) is 0 Å². The van der Waals surface area contributed by atoms with Gasteiger partial charge in [-0.3, -0.25) is 4.79 Å². The van der Waals surface area contributed by atoms with Crippen LogP contribution in [0.25, 0.3) is 0 Å². The van der Waals surface area contributed by atoms with Crippen LogP contribution in [0.15, 0.2) is 24.3 Å². The number of carbonyl (C=O) groups excluding carboxylic acids is 1. The number of nitrogens with two attached hydrogens (primary N) is 1. The number of carbonyl (C=O) groups is 1. The molecule has 0 spiro atoms. The number of hydrogen-bond acceptors (Lipinski definition) is 3.